The standard InChI is InChI=1S/C18H20N6O4/c19-16-14(24(27)28)1-2-15(17(16)22-26)23-9-5-13(6-10-23)18(25)21-11-12-3-7-20-8-4-12/h1-4,7-8,13,19,26H,5-6,9-11H2,(H,21,25)/b19-16?,22-17-. The van der Waals surface area contributed by atoms with Crippen LogP contribution in [0, 0.1) is 21.4 Å². The summed E-state index contributed by atoms with van der Waals surface area (Å²) in [5.41, 5.74) is 0.455. The molecule has 1 aromatic rings. The first kappa shape index (κ1) is 19.2. The van der Waals surface area contributed by atoms with Crippen LogP contribution in [0.1, 0.15) is 18.4 Å². The van der Waals surface area contributed by atoms with E-state index in [0.717, 1.165) is 5.56 Å². The van der Waals surface area contributed by atoms with Gasteiger partial charge in [0.25, 0.3) is 5.70 Å². The van der Waals surface area contributed by atoms with Crippen LogP contribution in [0.3, 0.4) is 0 Å². The molecule has 1 amide bonds. The molecular formula is C18H20N6O4. The number of carbonyl (C=O) groups excluding carboxylic acids is 1. The Kier molecular flexibility index (Phi) is 5.78. The number of nitro groups is 1. The van der Waals surface area contributed by atoms with Gasteiger partial charge in [0.05, 0.1) is 10.6 Å². The zero-order valence-corrected chi connectivity index (χ0v) is 15.0. The molecule has 1 saturated heterocycles. The summed E-state index contributed by atoms with van der Waals surface area (Å²) in [6.07, 6.45) is 7.26. The molecule has 0 radical (unpaired) electrons. The van der Waals surface area contributed by atoms with Crippen molar-refractivity contribution >= 4 is 17.3 Å². The van der Waals surface area contributed by atoms with E-state index >= 15 is 0 Å². The quantitative estimate of drug-likeness (QED) is 0.302. The minimum Gasteiger partial charge on any atom is -0.410 e. The summed E-state index contributed by atoms with van der Waals surface area (Å²) in [5, 5.41) is 34.1. The molecule has 1 fully saturated rings. The van der Waals surface area contributed by atoms with Crippen molar-refractivity contribution in [1.82, 2.24) is 15.2 Å². The number of likely N-dealkylation sites (tertiary alicyclic amines) is 1. The molecule has 0 aromatic carbocycles. The van der Waals surface area contributed by atoms with Gasteiger partial charge >= 0.3 is 0 Å². The van der Waals surface area contributed by atoms with Crippen LogP contribution in [-0.4, -0.2) is 50.4 Å². The van der Waals surface area contributed by atoms with E-state index in [2.05, 4.69) is 15.5 Å². The molecule has 1 aromatic heterocycles. The lowest BCUT2D eigenvalue weighted by Crippen LogP contribution is -2.43. The molecule has 10 heteroatoms. The van der Waals surface area contributed by atoms with E-state index in [1.165, 1.54) is 12.2 Å². The summed E-state index contributed by atoms with van der Waals surface area (Å²) < 4.78 is 0. The third-order valence-corrected chi connectivity index (χ3v) is 4.85. The van der Waals surface area contributed by atoms with E-state index in [1.54, 1.807) is 12.4 Å². The van der Waals surface area contributed by atoms with Gasteiger partial charge in [0, 0.05) is 44.0 Å². The molecule has 28 heavy (non-hydrogen) atoms. The number of piperidine rings is 1. The van der Waals surface area contributed by atoms with E-state index in [0.29, 0.717) is 38.2 Å². The molecule has 146 valence electrons. The van der Waals surface area contributed by atoms with Gasteiger partial charge in [0.15, 0.2) is 11.4 Å². The molecule has 0 saturated carbocycles. The Morgan fingerprint density at radius 3 is 2.64 bits per heavy atom. The second-order valence-corrected chi connectivity index (χ2v) is 6.52. The molecule has 2 heterocycles. The van der Waals surface area contributed by atoms with Crippen molar-refractivity contribution in [3.63, 3.8) is 0 Å². The Balaban J connectivity index is 1.59. The van der Waals surface area contributed by atoms with Gasteiger partial charge in [-0.05, 0) is 36.6 Å². The van der Waals surface area contributed by atoms with Crippen molar-refractivity contribution < 1.29 is 14.9 Å². The highest BCUT2D eigenvalue weighted by molar-refractivity contribution is 6.52. The predicted molar refractivity (Wildman–Crippen MR) is 100 cm³/mol. The summed E-state index contributed by atoms with van der Waals surface area (Å²) in [7, 11) is 0. The SMILES string of the molecule is N=C1C([N+](=O)[O-])=CC=C(N2CCC(C(=O)NCc3ccncc3)CC2)/C1=N/O. The smallest absolute Gasteiger partial charge is 0.296 e. The van der Waals surface area contributed by atoms with Gasteiger partial charge in [-0.2, -0.15) is 0 Å². The zero-order valence-electron chi connectivity index (χ0n) is 15.0. The number of rotatable bonds is 5. The topological polar surface area (TPSA) is 145 Å². The maximum atomic E-state index is 12.4. The third kappa shape index (κ3) is 4.05. The lowest BCUT2D eigenvalue weighted by atomic mass is 9.93. The minimum absolute atomic E-state index is 0.0200. The highest BCUT2D eigenvalue weighted by atomic mass is 16.6. The van der Waals surface area contributed by atoms with Crippen LogP contribution >= 0.6 is 0 Å². The highest BCUT2D eigenvalue weighted by Crippen LogP contribution is 2.24. The van der Waals surface area contributed by atoms with Gasteiger partial charge in [0.1, 0.15) is 0 Å². The Morgan fingerprint density at radius 1 is 1.36 bits per heavy atom. The fourth-order valence-electron chi connectivity index (χ4n) is 3.29. The molecule has 0 spiro atoms. The van der Waals surface area contributed by atoms with Gasteiger partial charge < -0.3 is 15.4 Å². The molecule has 1 aliphatic heterocycles. The monoisotopic (exact) mass is 384 g/mol. The fourth-order valence-corrected chi connectivity index (χ4v) is 3.29. The highest BCUT2D eigenvalue weighted by Gasteiger charge is 2.34. The van der Waals surface area contributed by atoms with Crippen molar-refractivity contribution in [3.05, 3.63) is 63.8 Å². The summed E-state index contributed by atoms with van der Waals surface area (Å²) in [4.78, 5) is 28.5. The number of hydrogen-bond donors (Lipinski definition) is 3. The predicted octanol–water partition coefficient (Wildman–Crippen LogP) is 1.32. The maximum absolute atomic E-state index is 12.4. The van der Waals surface area contributed by atoms with Crippen molar-refractivity contribution in [1.29, 1.82) is 5.41 Å². The normalized spacial score (nSPS) is 19.2. The first-order valence-electron chi connectivity index (χ1n) is 8.81. The largest absolute Gasteiger partial charge is 0.410 e. The molecule has 3 rings (SSSR count). The van der Waals surface area contributed by atoms with Crippen LogP contribution in [0.5, 0.6) is 0 Å². The van der Waals surface area contributed by atoms with E-state index in [-0.39, 0.29) is 17.5 Å². The van der Waals surface area contributed by atoms with Gasteiger partial charge in [-0.15, -0.1) is 0 Å². The van der Waals surface area contributed by atoms with Crippen LogP contribution in [0.25, 0.3) is 0 Å². The lowest BCUT2D eigenvalue weighted by molar-refractivity contribution is -0.414. The molecule has 3 N–H and O–H groups in total. The Morgan fingerprint density at radius 2 is 2.04 bits per heavy atom. The van der Waals surface area contributed by atoms with Crippen molar-refractivity contribution in [2.45, 2.75) is 19.4 Å². The molecule has 0 unspecified atom stereocenters. The number of allylic oxidation sites excluding steroid dienone is 4. The zero-order chi connectivity index (χ0) is 20.1. The van der Waals surface area contributed by atoms with Crippen molar-refractivity contribution in [3.8, 4) is 0 Å². The number of carbonyl (C=O) groups is 1. The van der Waals surface area contributed by atoms with E-state index in [1.807, 2.05) is 17.0 Å². The average molecular weight is 384 g/mol. The maximum Gasteiger partial charge on any atom is 0.296 e. The van der Waals surface area contributed by atoms with E-state index in [9.17, 15) is 20.1 Å². The van der Waals surface area contributed by atoms with Crippen LogP contribution in [0.4, 0.5) is 0 Å². The summed E-state index contributed by atoms with van der Waals surface area (Å²) in [6, 6.07) is 3.69. The Labute approximate surface area is 160 Å². The first-order chi connectivity index (χ1) is 13.5. The molecule has 0 atom stereocenters. The second kappa shape index (κ2) is 8.42. The number of oxime groups is 1. The number of aromatic nitrogens is 1. The summed E-state index contributed by atoms with van der Waals surface area (Å²) in [5.74, 6) is -0.158. The molecule has 1 aliphatic carbocycles. The Bertz CT molecular complexity index is 869. The van der Waals surface area contributed by atoms with Crippen LogP contribution in [-0.2, 0) is 11.3 Å². The van der Waals surface area contributed by atoms with E-state index in [4.69, 9.17) is 5.41 Å². The number of hydrogen-bond acceptors (Lipinski definition) is 8. The first-order valence-corrected chi connectivity index (χ1v) is 8.81. The molecule has 0 bridgehead atoms. The minimum atomic E-state index is -0.680. The van der Waals surface area contributed by atoms with Gasteiger partial charge in [0.2, 0.25) is 5.91 Å². The average Bonchev–Trinajstić information content (AvgIpc) is 2.72. The third-order valence-electron chi connectivity index (χ3n) is 4.85. The molecular weight excluding hydrogens is 364 g/mol. The number of pyridine rings is 1. The van der Waals surface area contributed by atoms with Gasteiger partial charge in [-0.1, -0.05) is 5.16 Å². The van der Waals surface area contributed by atoms with Crippen LogP contribution in [0.15, 0.2) is 53.2 Å². The lowest BCUT2D eigenvalue weighted by Gasteiger charge is -2.35. The van der Waals surface area contributed by atoms with E-state index < -0.39 is 16.3 Å². The van der Waals surface area contributed by atoms with Crippen molar-refractivity contribution in [2.75, 3.05) is 13.1 Å². The van der Waals surface area contributed by atoms with Crippen LogP contribution < -0.4 is 5.32 Å². The summed E-state index contributed by atoms with van der Waals surface area (Å²) in [6.45, 7) is 1.49. The molecule has 10 nitrogen and oxygen atoms in total. The van der Waals surface area contributed by atoms with Gasteiger partial charge in [-0.25, -0.2) is 0 Å². The molecule has 2 aliphatic rings. The number of nitrogens with one attached hydrogen (secondary N) is 2. The van der Waals surface area contributed by atoms with Crippen LogP contribution in [0.2, 0.25) is 0 Å². The van der Waals surface area contributed by atoms with Crippen molar-refractivity contribution in [2.24, 2.45) is 11.1 Å². The number of amides is 1. The number of nitrogens with zero attached hydrogens (tertiary/aromatic N) is 4. The fraction of sp³-hybridized carbons (Fsp3) is 0.333. The summed E-state index contributed by atoms with van der Waals surface area (Å²) >= 11 is 0. The van der Waals surface area contributed by atoms with Gasteiger partial charge in [-0.3, -0.25) is 25.3 Å². The Hall–Kier alpha value is -3.56. The second-order valence-electron chi connectivity index (χ2n) is 6.52.